The zero-order chi connectivity index (χ0) is 31.2. The number of aryl methyl sites for hydroxylation is 1. The van der Waals surface area contributed by atoms with Crippen LogP contribution in [-0.4, -0.2) is 80.0 Å². The summed E-state index contributed by atoms with van der Waals surface area (Å²) in [5.74, 6) is 0.0823. The lowest BCUT2D eigenvalue weighted by molar-refractivity contribution is 0.0398. The van der Waals surface area contributed by atoms with Crippen LogP contribution in [0, 0.1) is 12.8 Å². The number of hydrogen-bond acceptors (Lipinski definition) is 11. The number of pyridine rings is 3. The van der Waals surface area contributed by atoms with Gasteiger partial charge in [0.2, 0.25) is 15.7 Å². The van der Waals surface area contributed by atoms with E-state index in [9.17, 15) is 13.2 Å². The van der Waals surface area contributed by atoms with Crippen LogP contribution in [-0.2, 0) is 19.3 Å². The second kappa shape index (κ2) is 13.8. The van der Waals surface area contributed by atoms with Crippen molar-refractivity contribution in [3.63, 3.8) is 0 Å². The minimum Gasteiger partial charge on any atom is -0.475 e. The molecule has 43 heavy (non-hydrogen) atoms. The number of ketones is 1. The van der Waals surface area contributed by atoms with E-state index in [1.165, 1.54) is 18.2 Å². The van der Waals surface area contributed by atoms with Gasteiger partial charge in [-0.25, -0.2) is 23.4 Å². The number of ether oxygens (including phenoxy) is 3. The van der Waals surface area contributed by atoms with E-state index in [0.717, 1.165) is 17.5 Å². The summed E-state index contributed by atoms with van der Waals surface area (Å²) in [6, 6.07) is 9.63. The van der Waals surface area contributed by atoms with E-state index in [1.807, 2.05) is 19.9 Å². The lowest BCUT2D eigenvalue weighted by Crippen LogP contribution is -2.40. The Balaban J connectivity index is 1.59. The molecule has 0 aliphatic carbocycles. The molecule has 1 aliphatic heterocycles. The third kappa shape index (κ3) is 8.07. The number of carbonyl (C=O) groups is 1. The highest BCUT2D eigenvalue weighted by Crippen LogP contribution is 2.38. The molecule has 2 N–H and O–H groups in total. The van der Waals surface area contributed by atoms with Gasteiger partial charge in [0.1, 0.15) is 24.0 Å². The van der Waals surface area contributed by atoms with Crippen molar-refractivity contribution in [2.45, 2.75) is 51.6 Å². The molecule has 3 aromatic rings. The number of hydrogen-bond donors (Lipinski definition) is 1. The fraction of sp³-hybridized carbons (Fsp3) is 0.484. The SMILES string of the molecule is CCOCCOCCOc1ncc(-c2ccc(C(=O)CS(=O)(=O)c3cccc(N)n3)c(N3C[C@@H](C)CC3(C)C)n2)cc1C. The standard InChI is InChI=1S/C31H41N5O6S/c1-6-40-12-13-41-14-15-42-30-22(3)16-23(18-33-30)25-11-10-24(29(34-25)36-19-21(2)17-31(36,4)5)26(37)20-43(38,39)28-9-7-8-27(32)35-28/h7-11,16,18,21H,6,12-15,17,19-20H2,1-5H3,(H2,32,35)/t21-/m0/s1. The van der Waals surface area contributed by atoms with Crippen molar-refractivity contribution >= 4 is 27.3 Å². The Morgan fingerprint density at radius 2 is 1.84 bits per heavy atom. The second-order valence-electron chi connectivity index (χ2n) is 11.4. The summed E-state index contributed by atoms with van der Waals surface area (Å²) in [7, 11) is -4.02. The summed E-state index contributed by atoms with van der Waals surface area (Å²) in [4.78, 5) is 29.0. The van der Waals surface area contributed by atoms with Gasteiger partial charge in [-0.05, 0) is 70.4 Å². The highest BCUT2D eigenvalue weighted by Gasteiger charge is 2.39. The first-order chi connectivity index (χ1) is 20.4. The van der Waals surface area contributed by atoms with Gasteiger partial charge in [0, 0.05) is 36.0 Å². The van der Waals surface area contributed by atoms with Crippen LogP contribution < -0.4 is 15.4 Å². The Kier molecular flexibility index (Phi) is 10.4. The van der Waals surface area contributed by atoms with E-state index >= 15 is 0 Å². The lowest BCUT2D eigenvalue weighted by Gasteiger charge is -2.34. The summed E-state index contributed by atoms with van der Waals surface area (Å²) >= 11 is 0. The molecule has 4 rings (SSSR count). The van der Waals surface area contributed by atoms with Crippen LogP contribution in [0.1, 0.15) is 50.0 Å². The first-order valence-electron chi connectivity index (χ1n) is 14.4. The van der Waals surface area contributed by atoms with E-state index in [-0.39, 0.29) is 21.9 Å². The Hall–Kier alpha value is -3.61. The average molecular weight is 612 g/mol. The summed E-state index contributed by atoms with van der Waals surface area (Å²) < 4.78 is 42.7. The van der Waals surface area contributed by atoms with Gasteiger partial charge in [-0.2, -0.15) is 0 Å². The summed E-state index contributed by atoms with van der Waals surface area (Å²) in [5.41, 5.74) is 7.84. The van der Waals surface area contributed by atoms with Gasteiger partial charge in [-0.1, -0.05) is 13.0 Å². The predicted molar refractivity (Wildman–Crippen MR) is 165 cm³/mol. The Labute approximate surface area is 253 Å². The van der Waals surface area contributed by atoms with Crippen molar-refractivity contribution in [1.29, 1.82) is 0 Å². The molecule has 1 aliphatic rings. The van der Waals surface area contributed by atoms with Gasteiger partial charge in [0.25, 0.3) is 0 Å². The molecule has 0 radical (unpaired) electrons. The number of nitrogens with two attached hydrogens (primary N) is 1. The Bertz CT molecular complexity index is 1550. The summed E-state index contributed by atoms with van der Waals surface area (Å²) in [5, 5.41) is -0.233. The third-order valence-corrected chi connectivity index (χ3v) is 8.76. The van der Waals surface area contributed by atoms with E-state index in [0.29, 0.717) is 62.9 Å². The molecule has 12 heteroatoms. The van der Waals surface area contributed by atoms with Crippen molar-refractivity contribution in [2.24, 2.45) is 5.92 Å². The highest BCUT2D eigenvalue weighted by molar-refractivity contribution is 7.92. The van der Waals surface area contributed by atoms with Crippen molar-refractivity contribution < 1.29 is 27.4 Å². The van der Waals surface area contributed by atoms with Gasteiger partial charge < -0.3 is 24.8 Å². The fourth-order valence-corrected chi connectivity index (χ4v) is 6.51. The zero-order valence-electron chi connectivity index (χ0n) is 25.5. The maximum atomic E-state index is 13.6. The molecular weight excluding hydrogens is 570 g/mol. The van der Waals surface area contributed by atoms with Crippen LogP contribution in [0.25, 0.3) is 11.3 Å². The third-order valence-electron chi connectivity index (χ3n) is 7.26. The number of anilines is 2. The summed E-state index contributed by atoms with van der Waals surface area (Å²) in [6.45, 7) is 13.4. The molecular formula is C31H41N5O6S. The van der Waals surface area contributed by atoms with Crippen molar-refractivity contribution in [2.75, 3.05) is 56.0 Å². The number of aromatic nitrogens is 3. The monoisotopic (exact) mass is 611 g/mol. The molecule has 1 fully saturated rings. The molecule has 0 unspecified atom stereocenters. The number of rotatable bonds is 14. The zero-order valence-corrected chi connectivity index (χ0v) is 26.3. The van der Waals surface area contributed by atoms with Gasteiger partial charge in [0.05, 0.1) is 31.1 Å². The van der Waals surface area contributed by atoms with Crippen molar-refractivity contribution in [1.82, 2.24) is 15.0 Å². The molecule has 0 amide bonds. The normalized spacial score (nSPS) is 16.4. The van der Waals surface area contributed by atoms with E-state index in [1.54, 1.807) is 18.3 Å². The molecule has 0 saturated carbocycles. The molecule has 3 aromatic heterocycles. The maximum Gasteiger partial charge on any atom is 0.216 e. The van der Waals surface area contributed by atoms with Crippen molar-refractivity contribution in [3.05, 3.63) is 53.7 Å². The number of nitrogen functional groups attached to an aromatic ring is 1. The molecule has 0 bridgehead atoms. The van der Waals surface area contributed by atoms with Crippen LogP contribution in [0.4, 0.5) is 11.6 Å². The molecule has 4 heterocycles. The molecule has 0 aromatic carbocycles. The first-order valence-corrected chi connectivity index (χ1v) is 16.1. The number of carbonyl (C=O) groups excluding carboxylic acids is 1. The molecule has 1 atom stereocenters. The van der Waals surface area contributed by atoms with Crippen LogP contribution >= 0.6 is 0 Å². The number of nitrogens with zero attached hydrogens (tertiary/aromatic N) is 4. The number of sulfone groups is 1. The molecule has 0 spiro atoms. The van der Waals surface area contributed by atoms with Gasteiger partial charge in [-0.3, -0.25) is 4.79 Å². The topological polar surface area (TPSA) is 147 Å². The van der Waals surface area contributed by atoms with Crippen molar-refractivity contribution in [3.8, 4) is 17.1 Å². The lowest BCUT2D eigenvalue weighted by atomic mass is 9.97. The highest BCUT2D eigenvalue weighted by atomic mass is 32.2. The maximum absolute atomic E-state index is 13.6. The average Bonchev–Trinajstić information content (AvgIpc) is 3.24. The van der Waals surface area contributed by atoms with Gasteiger partial charge in [-0.15, -0.1) is 0 Å². The van der Waals surface area contributed by atoms with Crippen LogP contribution in [0.3, 0.4) is 0 Å². The van der Waals surface area contributed by atoms with Crippen LogP contribution in [0.2, 0.25) is 0 Å². The largest absolute Gasteiger partial charge is 0.475 e. The van der Waals surface area contributed by atoms with Gasteiger partial charge >= 0.3 is 0 Å². The molecule has 11 nitrogen and oxygen atoms in total. The predicted octanol–water partition coefficient (Wildman–Crippen LogP) is 4.14. The Morgan fingerprint density at radius 3 is 2.51 bits per heavy atom. The Morgan fingerprint density at radius 1 is 1.09 bits per heavy atom. The minimum atomic E-state index is -4.02. The fourth-order valence-electron chi connectivity index (χ4n) is 5.34. The van der Waals surface area contributed by atoms with E-state index < -0.39 is 21.4 Å². The number of Topliss-reactive ketones (excluding diaryl/α,β-unsaturated/α-hetero) is 1. The first kappa shape index (κ1) is 32.3. The molecule has 1 saturated heterocycles. The van der Waals surface area contributed by atoms with E-state index in [4.69, 9.17) is 24.9 Å². The van der Waals surface area contributed by atoms with Crippen LogP contribution in [0.5, 0.6) is 5.88 Å². The molecule has 232 valence electrons. The smallest absolute Gasteiger partial charge is 0.216 e. The quantitative estimate of drug-likeness (QED) is 0.207. The second-order valence-corrected chi connectivity index (χ2v) is 13.3. The van der Waals surface area contributed by atoms with E-state index in [2.05, 4.69) is 35.6 Å². The van der Waals surface area contributed by atoms with Crippen LogP contribution in [0.15, 0.2) is 47.6 Å². The minimum absolute atomic E-state index is 0.0687. The summed E-state index contributed by atoms with van der Waals surface area (Å²) in [6.07, 6.45) is 2.58. The van der Waals surface area contributed by atoms with Gasteiger partial charge in [0.15, 0.2) is 10.8 Å².